The molecule has 0 radical (unpaired) electrons. The number of amides is 1. The third kappa shape index (κ3) is 3.80. The molecular weight excluding hydrogens is 371 g/mol. The van der Waals surface area contributed by atoms with Crippen molar-refractivity contribution in [2.45, 2.75) is 13.1 Å². The summed E-state index contributed by atoms with van der Waals surface area (Å²) in [6.07, 6.45) is 1.55. The maximum atomic E-state index is 13.2. The Morgan fingerprint density at radius 1 is 1.26 bits per heavy atom. The minimum atomic E-state index is -0.382. The fraction of sp³-hybridized carbons (Fsp3) is 0.111. The molecule has 0 aliphatic rings. The van der Waals surface area contributed by atoms with E-state index in [1.54, 1.807) is 23.0 Å². The third-order valence-electron chi connectivity index (χ3n) is 3.97. The highest BCUT2D eigenvalue weighted by Crippen LogP contribution is 2.16. The summed E-state index contributed by atoms with van der Waals surface area (Å²) in [4.78, 5) is 19.5. The summed E-state index contributed by atoms with van der Waals surface area (Å²) in [5, 5.41) is 11.2. The average molecular weight is 385 g/mol. The van der Waals surface area contributed by atoms with Gasteiger partial charge in [0.15, 0.2) is 5.69 Å². The topological polar surface area (TPSA) is 88.5 Å². The van der Waals surface area contributed by atoms with Gasteiger partial charge in [0.05, 0.1) is 30.3 Å². The molecule has 0 aliphatic heterocycles. The van der Waals surface area contributed by atoms with Gasteiger partial charge in [-0.05, 0) is 29.8 Å². The summed E-state index contributed by atoms with van der Waals surface area (Å²) >= 11 is 6.13. The van der Waals surface area contributed by atoms with Crippen LogP contribution in [0.4, 0.5) is 4.39 Å². The van der Waals surface area contributed by atoms with E-state index in [9.17, 15) is 9.18 Å². The van der Waals surface area contributed by atoms with E-state index in [1.165, 1.54) is 12.1 Å². The Morgan fingerprint density at radius 3 is 2.96 bits per heavy atom. The largest absolute Gasteiger partial charge is 0.343 e. The number of rotatable bonds is 5. The molecule has 0 aliphatic carbocycles. The lowest BCUT2D eigenvalue weighted by atomic mass is 10.2. The van der Waals surface area contributed by atoms with E-state index < -0.39 is 0 Å². The molecular formula is C18H14ClFN6O. The second kappa shape index (κ2) is 7.16. The first-order valence-corrected chi connectivity index (χ1v) is 8.52. The minimum Gasteiger partial charge on any atom is -0.343 e. The predicted molar refractivity (Wildman–Crippen MR) is 97.8 cm³/mol. The minimum absolute atomic E-state index is 0.159. The van der Waals surface area contributed by atoms with Gasteiger partial charge in [0, 0.05) is 5.02 Å². The van der Waals surface area contributed by atoms with Crippen LogP contribution >= 0.6 is 11.6 Å². The van der Waals surface area contributed by atoms with E-state index >= 15 is 0 Å². The predicted octanol–water partition coefficient (Wildman–Crippen LogP) is 2.93. The highest BCUT2D eigenvalue weighted by Gasteiger charge is 2.12. The number of imidazole rings is 1. The molecule has 136 valence electrons. The smallest absolute Gasteiger partial charge is 0.273 e. The fourth-order valence-corrected chi connectivity index (χ4v) is 2.85. The van der Waals surface area contributed by atoms with Crippen LogP contribution in [-0.2, 0) is 13.1 Å². The monoisotopic (exact) mass is 384 g/mol. The molecule has 0 bridgehead atoms. The van der Waals surface area contributed by atoms with Gasteiger partial charge in [0.2, 0.25) is 0 Å². The van der Waals surface area contributed by atoms with Crippen LogP contribution < -0.4 is 5.32 Å². The zero-order valence-corrected chi connectivity index (χ0v) is 14.7. The number of H-pyrrole nitrogens is 1. The molecule has 2 N–H and O–H groups in total. The lowest BCUT2D eigenvalue weighted by Crippen LogP contribution is -2.23. The van der Waals surface area contributed by atoms with Crippen molar-refractivity contribution < 1.29 is 9.18 Å². The number of aromatic amines is 1. The lowest BCUT2D eigenvalue weighted by Gasteiger charge is -2.02. The summed E-state index contributed by atoms with van der Waals surface area (Å²) in [6.45, 7) is 0.571. The van der Waals surface area contributed by atoms with Crippen molar-refractivity contribution in [1.82, 2.24) is 30.3 Å². The Labute approximate surface area is 158 Å². The molecule has 0 unspecified atom stereocenters. The van der Waals surface area contributed by atoms with Gasteiger partial charge in [-0.3, -0.25) is 4.79 Å². The molecule has 7 nitrogen and oxygen atoms in total. The molecule has 0 saturated heterocycles. The summed E-state index contributed by atoms with van der Waals surface area (Å²) in [5.41, 5.74) is 2.27. The first kappa shape index (κ1) is 17.2. The number of benzene rings is 2. The standard InChI is InChI=1S/C18H14ClFN6O/c19-13-4-2-1-3-11(13)9-26-10-16(24-25-26)18(27)21-8-17-22-14-6-5-12(20)7-15(14)23-17/h1-7,10H,8-9H2,(H,21,27)(H,22,23). The number of hydrogen-bond acceptors (Lipinski definition) is 4. The first-order valence-electron chi connectivity index (χ1n) is 8.14. The Balaban J connectivity index is 1.41. The van der Waals surface area contributed by atoms with E-state index in [0.29, 0.717) is 28.4 Å². The molecule has 2 heterocycles. The van der Waals surface area contributed by atoms with Gasteiger partial charge >= 0.3 is 0 Å². The van der Waals surface area contributed by atoms with Gasteiger partial charge in [-0.1, -0.05) is 35.0 Å². The van der Waals surface area contributed by atoms with Crippen LogP contribution in [0.3, 0.4) is 0 Å². The normalized spacial score (nSPS) is 11.0. The van der Waals surface area contributed by atoms with Crippen molar-refractivity contribution in [2.75, 3.05) is 0 Å². The van der Waals surface area contributed by atoms with E-state index in [2.05, 4.69) is 25.6 Å². The fourth-order valence-electron chi connectivity index (χ4n) is 2.65. The first-order chi connectivity index (χ1) is 13.1. The molecule has 0 fully saturated rings. The van der Waals surface area contributed by atoms with Crippen LogP contribution in [-0.4, -0.2) is 30.9 Å². The van der Waals surface area contributed by atoms with Crippen molar-refractivity contribution >= 4 is 28.5 Å². The van der Waals surface area contributed by atoms with E-state index in [4.69, 9.17) is 11.6 Å². The second-order valence-corrected chi connectivity index (χ2v) is 6.33. The summed E-state index contributed by atoms with van der Waals surface area (Å²) in [7, 11) is 0. The van der Waals surface area contributed by atoms with Crippen molar-refractivity contribution in [2.24, 2.45) is 0 Å². The second-order valence-electron chi connectivity index (χ2n) is 5.92. The van der Waals surface area contributed by atoms with Crippen molar-refractivity contribution in [3.63, 3.8) is 0 Å². The summed E-state index contributed by atoms with van der Waals surface area (Å²) in [5.74, 6) is -0.212. The van der Waals surface area contributed by atoms with Gasteiger partial charge in [0.1, 0.15) is 11.6 Å². The molecule has 4 rings (SSSR count). The van der Waals surface area contributed by atoms with Gasteiger partial charge in [-0.15, -0.1) is 5.10 Å². The Kier molecular flexibility index (Phi) is 4.55. The molecule has 4 aromatic rings. The molecule has 9 heteroatoms. The van der Waals surface area contributed by atoms with Crippen LogP contribution in [0, 0.1) is 5.82 Å². The highest BCUT2D eigenvalue weighted by molar-refractivity contribution is 6.31. The van der Waals surface area contributed by atoms with E-state index in [1.807, 2.05) is 18.2 Å². The quantitative estimate of drug-likeness (QED) is 0.553. The molecule has 2 aromatic heterocycles. The number of fused-ring (bicyclic) bond motifs is 1. The lowest BCUT2D eigenvalue weighted by molar-refractivity contribution is 0.0945. The maximum Gasteiger partial charge on any atom is 0.273 e. The van der Waals surface area contributed by atoms with Gasteiger partial charge in [0.25, 0.3) is 5.91 Å². The summed E-state index contributed by atoms with van der Waals surface area (Å²) < 4.78 is 14.8. The van der Waals surface area contributed by atoms with E-state index in [-0.39, 0.29) is 24.0 Å². The number of nitrogens with zero attached hydrogens (tertiary/aromatic N) is 4. The number of hydrogen-bond donors (Lipinski definition) is 2. The average Bonchev–Trinajstić information content (AvgIpc) is 3.28. The number of halogens is 2. The number of aromatic nitrogens is 5. The number of carbonyl (C=O) groups excluding carboxylic acids is 1. The zero-order chi connectivity index (χ0) is 18.8. The molecule has 27 heavy (non-hydrogen) atoms. The van der Waals surface area contributed by atoms with Gasteiger partial charge < -0.3 is 10.3 Å². The van der Waals surface area contributed by atoms with Crippen LogP contribution in [0.1, 0.15) is 21.9 Å². The molecule has 0 spiro atoms. The Morgan fingerprint density at radius 2 is 2.11 bits per heavy atom. The van der Waals surface area contributed by atoms with Crippen LogP contribution in [0.2, 0.25) is 5.02 Å². The summed E-state index contributed by atoms with van der Waals surface area (Å²) in [6, 6.07) is 11.7. The third-order valence-corrected chi connectivity index (χ3v) is 4.34. The Hall–Kier alpha value is -3.26. The molecule has 0 saturated carbocycles. The Bertz CT molecular complexity index is 1120. The van der Waals surface area contributed by atoms with Gasteiger partial charge in [-0.25, -0.2) is 14.1 Å². The van der Waals surface area contributed by atoms with Crippen molar-refractivity contribution in [3.05, 3.63) is 76.6 Å². The molecule has 1 amide bonds. The van der Waals surface area contributed by atoms with Crippen LogP contribution in [0.25, 0.3) is 11.0 Å². The SMILES string of the molecule is O=C(NCc1nc2ccc(F)cc2[nH]1)c1cn(Cc2ccccc2Cl)nn1. The van der Waals surface area contributed by atoms with Gasteiger partial charge in [-0.2, -0.15) is 0 Å². The van der Waals surface area contributed by atoms with Crippen molar-refractivity contribution in [1.29, 1.82) is 0 Å². The van der Waals surface area contributed by atoms with Crippen LogP contribution in [0.5, 0.6) is 0 Å². The zero-order valence-electron chi connectivity index (χ0n) is 14.0. The van der Waals surface area contributed by atoms with Crippen molar-refractivity contribution in [3.8, 4) is 0 Å². The van der Waals surface area contributed by atoms with Crippen LogP contribution in [0.15, 0.2) is 48.7 Å². The van der Waals surface area contributed by atoms with E-state index in [0.717, 1.165) is 5.56 Å². The molecule has 2 aromatic carbocycles. The molecule has 0 atom stereocenters. The number of carbonyl (C=O) groups is 1. The highest BCUT2D eigenvalue weighted by atomic mass is 35.5. The number of nitrogens with one attached hydrogen (secondary N) is 2. The maximum absolute atomic E-state index is 13.2.